The van der Waals surface area contributed by atoms with E-state index < -0.39 is 0 Å². The van der Waals surface area contributed by atoms with Gasteiger partial charge in [0, 0.05) is 25.0 Å². The second-order valence-electron chi connectivity index (χ2n) is 5.62. The smallest absolute Gasteiger partial charge is 0.293 e. The second-order valence-corrected chi connectivity index (χ2v) is 5.62. The minimum absolute atomic E-state index is 0.0874. The molecule has 2 aromatic rings. The van der Waals surface area contributed by atoms with E-state index in [1.807, 2.05) is 0 Å². The van der Waals surface area contributed by atoms with E-state index in [1.165, 1.54) is 0 Å². The van der Waals surface area contributed by atoms with Gasteiger partial charge in [-0.2, -0.15) is 0 Å². The Kier molecular flexibility index (Phi) is 3.49. The third kappa shape index (κ3) is 2.82. The number of aromatic nitrogens is 2. The Hall–Kier alpha value is -2.17. The van der Waals surface area contributed by atoms with Gasteiger partial charge in [-0.3, -0.25) is 4.79 Å². The Bertz CT molecular complexity index is 712. The lowest BCUT2D eigenvalue weighted by Gasteiger charge is -2.10. The lowest BCUT2D eigenvalue weighted by molar-refractivity contribution is 0.608. The molecule has 1 aromatic carbocycles. The molecular formula is C16H18FN3O. The lowest BCUT2D eigenvalue weighted by atomic mass is 10.1. The van der Waals surface area contributed by atoms with Crippen molar-refractivity contribution in [3.05, 3.63) is 57.4 Å². The molecule has 110 valence electrons. The second kappa shape index (κ2) is 5.31. The number of halogens is 1. The van der Waals surface area contributed by atoms with Crippen molar-refractivity contribution in [1.29, 1.82) is 0 Å². The van der Waals surface area contributed by atoms with Gasteiger partial charge >= 0.3 is 0 Å². The van der Waals surface area contributed by atoms with E-state index in [1.54, 1.807) is 42.9 Å². The van der Waals surface area contributed by atoms with Gasteiger partial charge in [-0.1, -0.05) is 12.1 Å². The van der Waals surface area contributed by atoms with Crippen LogP contribution in [-0.4, -0.2) is 9.55 Å². The normalized spacial score (nSPS) is 14.2. The molecule has 4 nitrogen and oxygen atoms in total. The summed E-state index contributed by atoms with van der Waals surface area (Å²) in [4.78, 5) is 16.3. The van der Waals surface area contributed by atoms with Crippen molar-refractivity contribution in [3.63, 3.8) is 0 Å². The molecule has 0 radical (unpaired) electrons. The number of aryl methyl sites for hydroxylation is 2. The molecule has 0 atom stereocenters. The van der Waals surface area contributed by atoms with Gasteiger partial charge < -0.3 is 9.88 Å². The molecule has 5 heteroatoms. The van der Waals surface area contributed by atoms with Gasteiger partial charge in [0.25, 0.3) is 5.56 Å². The van der Waals surface area contributed by atoms with Crippen LogP contribution in [0.1, 0.15) is 35.6 Å². The van der Waals surface area contributed by atoms with E-state index in [9.17, 15) is 9.18 Å². The minimum Gasteiger partial charge on any atom is -0.361 e. The first kappa shape index (κ1) is 13.8. The molecule has 1 aliphatic rings. The third-order valence-electron chi connectivity index (χ3n) is 3.76. The number of hydrogen-bond donors (Lipinski definition) is 1. The predicted molar refractivity (Wildman–Crippen MR) is 80.0 cm³/mol. The summed E-state index contributed by atoms with van der Waals surface area (Å²) in [5.74, 6) is 0.178. The van der Waals surface area contributed by atoms with Crippen molar-refractivity contribution in [2.24, 2.45) is 0 Å². The zero-order valence-electron chi connectivity index (χ0n) is 12.2. The minimum atomic E-state index is -0.173. The van der Waals surface area contributed by atoms with E-state index in [0.29, 0.717) is 29.5 Å². The number of nitrogens with zero attached hydrogens (tertiary/aromatic N) is 2. The van der Waals surface area contributed by atoms with E-state index in [2.05, 4.69) is 10.3 Å². The Morgan fingerprint density at radius 3 is 2.62 bits per heavy atom. The van der Waals surface area contributed by atoms with Crippen LogP contribution >= 0.6 is 0 Å². The molecule has 1 N–H and O–H groups in total. The van der Waals surface area contributed by atoms with Crippen molar-refractivity contribution < 1.29 is 4.39 Å². The Morgan fingerprint density at radius 1 is 1.33 bits per heavy atom. The van der Waals surface area contributed by atoms with Gasteiger partial charge in [0.1, 0.15) is 5.82 Å². The van der Waals surface area contributed by atoms with Gasteiger partial charge in [0.2, 0.25) is 0 Å². The number of hydrogen-bond acceptors (Lipinski definition) is 3. The van der Waals surface area contributed by atoms with E-state index in [4.69, 9.17) is 0 Å². The molecule has 1 aliphatic carbocycles. The van der Waals surface area contributed by atoms with Crippen LogP contribution in [-0.2, 0) is 6.54 Å². The van der Waals surface area contributed by atoms with Crippen LogP contribution in [0.2, 0.25) is 0 Å². The summed E-state index contributed by atoms with van der Waals surface area (Å²) in [6.07, 6.45) is 5.49. The molecule has 0 spiro atoms. The zero-order valence-corrected chi connectivity index (χ0v) is 12.2. The molecule has 21 heavy (non-hydrogen) atoms. The average molecular weight is 287 g/mol. The van der Waals surface area contributed by atoms with Crippen LogP contribution in [0.5, 0.6) is 0 Å². The summed E-state index contributed by atoms with van der Waals surface area (Å²) in [5, 5.41) is 3.06. The average Bonchev–Trinajstić information content (AvgIpc) is 3.28. The summed E-state index contributed by atoms with van der Waals surface area (Å²) >= 11 is 0. The van der Waals surface area contributed by atoms with Gasteiger partial charge in [-0.25, -0.2) is 9.37 Å². The first-order valence-corrected chi connectivity index (χ1v) is 7.13. The van der Waals surface area contributed by atoms with Crippen molar-refractivity contribution >= 4 is 5.82 Å². The van der Waals surface area contributed by atoms with Crippen LogP contribution < -0.4 is 10.9 Å². The molecule has 0 bridgehead atoms. The Balaban J connectivity index is 1.79. The van der Waals surface area contributed by atoms with Crippen molar-refractivity contribution in [1.82, 2.24) is 9.55 Å². The largest absolute Gasteiger partial charge is 0.361 e. The molecule has 0 amide bonds. The van der Waals surface area contributed by atoms with Gasteiger partial charge in [-0.05, 0) is 43.4 Å². The fourth-order valence-corrected chi connectivity index (χ4v) is 2.51. The first-order valence-electron chi connectivity index (χ1n) is 7.13. The highest BCUT2D eigenvalue weighted by Gasteiger charge is 2.25. The van der Waals surface area contributed by atoms with Gasteiger partial charge in [0.15, 0.2) is 5.82 Å². The molecule has 3 rings (SSSR count). The van der Waals surface area contributed by atoms with E-state index in [-0.39, 0.29) is 11.4 Å². The zero-order chi connectivity index (χ0) is 15.0. The van der Waals surface area contributed by atoms with E-state index in [0.717, 1.165) is 18.4 Å². The molecule has 1 fully saturated rings. The molecule has 0 aliphatic heterocycles. The van der Waals surface area contributed by atoms with E-state index >= 15 is 0 Å². The number of rotatable bonds is 4. The molecule has 0 saturated heterocycles. The summed E-state index contributed by atoms with van der Waals surface area (Å²) < 4.78 is 15.3. The Labute approximate surface area is 122 Å². The van der Waals surface area contributed by atoms with Gasteiger partial charge in [-0.15, -0.1) is 0 Å². The number of anilines is 1. The molecule has 0 unspecified atom stereocenters. The predicted octanol–water partition coefficient (Wildman–Crippen LogP) is 2.95. The summed E-state index contributed by atoms with van der Waals surface area (Å²) in [6, 6.07) is 3.91. The van der Waals surface area contributed by atoms with Gasteiger partial charge in [0.05, 0.1) is 0 Å². The maximum absolute atomic E-state index is 13.6. The first-order chi connectivity index (χ1) is 10.1. The van der Waals surface area contributed by atoms with Crippen LogP contribution in [0.4, 0.5) is 10.2 Å². The fraction of sp³-hybridized carbons (Fsp3) is 0.375. The maximum atomic E-state index is 13.6. The highest BCUT2D eigenvalue weighted by molar-refractivity contribution is 5.36. The number of nitrogens with one attached hydrogen (secondary N) is 1. The van der Waals surface area contributed by atoms with Crippen LogP contribution in [0.3, 0.4) is 0 Å². The van der Waals surface area contributed by atoms with Crippen molar-refractivity contribution in [3.8, 4) is 0 Å². The summed E-state index contributed by atoms with van der Waals surface area (Å²) in [6.45, 7) is 3.94. The van der Waals surface area contributed by atoms with Crippen LogP contribution in [0.15, 0.2) is 29.3 Å². The van der Waals surface area contributed by atoms with Crippen molar-refractivity contribution in [2.45, 2.75) is 39.3 Å². The molecular weight excluding hydrogens is 269 g/mol. The Morgan fingerprint density at radius 2 is 2.00 bits per heavy atom. The molecule has 1 heterocycles. The third-order valence-corrected chi connectivity index (χ3v) is 3.76. The maximum Gasteiger partial charge on any atom is 0.293 e. The lowest BCUT2D eigenvalue weighted by Crippen LogP contribution is -2.23. The van der Waals surface area contributed by atoms with Crippen LogP contribution in [0, 0.1) is 19.7 Å². The monoisotopic (exact) mass is 287 g/mol. The number of benzene rings is 1. The molecule has 1 aromatic heterocycles. The highest BCUT2D eigenvalue weighted by atomic mass is 19.1. The standard InChI is InChI=1S/C16H18FN3O/c1-10-7-12(8-11(2)14(10)17)9-19-15-16(21)20(6-5-18-15)13-3-4-13/h5-8,13H,3-4,9H2,1-2H3,(H,18,19). The van der Waals surface area contributed by atoms with Crippen LogP contribution in [0.25, 0.3) is 0 Å². The topological polar surface area (TPSA) is 46.9 Å². The summed E-state index contributed by atoms with van der Waals surface area (Å²) in [7, 11) is 0. The fourth-order valence-electron chi connectivity index (χ4n) is 2.51. The van der Waals surface area contributed by atoms with Crippen molar-refractivity contribution in [2.75, 3.05) is 5.32 Å². The highest BCUT2D eigenvalue weighted by Crippen LogP contribution is 2.33. The quantitative estimate of drug-likeness (QED) is 0.940. The molecule has 1 saturated carbocycles. The summed E-state index contributed by atoms with van der Waals surface area (Å²) in [5.41, 5.74) is 2.08. The SMILES string of the molecule is Cc1cc(CNc2nccn(C3CC3)c2=O)cc(C)c1F.